The molecule has 4 atom stereocenters. The summed E-state index contributed by atoms with van der Waals surface area (Å²) in [7, 11) is -3.60. The number of nitrogens with one attached hydrogen (secondary N) is 1. The van der Waals surface area contributed by atoms with Crippen LogP contribution in [0, 0.1) is 17.8 Å². The van der Waals surface area contributed by atoms with E-state index in [0.29, 0.717) is 6.04 Å². The van der Waals surface area contributed by atoms with Crippen LogP contribution in [0.15, 0.2) is 29.2 Å². The fourth-order valence-corrected chi connectivity index (χ4v) is 4.53. The molecule has 0 aromatic heterocycles. The lowest BCUT2D eigenvalue weighted by molar-refractivity contribution is 0.304. The number of anilines is 1. The maximum atomic E-state index is 11.2. The summed E-state index contributed by atoms with van der Waals surface area (Å²) < 4.78 is 22.4. The largest absolute Gasteiger partial charge is 0.382 e. The van der Waals surface area contributed by atoms with Gasteiger partial charge in [0.2, 0.25) is 10.0 Å². The summed E-state index contributed by atoms with van der Waals surface area (Å²) in [6.07, 6.45) is 5.54. The van der Waals surface area contributed by atoms with Gasteiger partial charge in [-0.1, -0.05) is 6.42 Å². The molecule has 3 N–H and O–H groups in total. The molecule has 2 fully saturated rings. The Labute approximate surface area is 120 Å². The second kappa shape index (κ2) is 5.04. The highest BCUT2D eigenvalue weighted by molar-refractivity contribution is 7.89. The highest BCUT2D eigenvalue weighted by atomic mass is 32.2. The van der Waals surface area contributed by atoms with Crippen LogP contribution in [0.3, 0.4) is 0 Å². The number of nitrogens with two attached hydrogens (primary N) is 1. The minimum Gasteiger partial charge on any atom is -0.382 e. The van der Waals surface area contributed by atoms with Crippen LogP contribution in [-0.2, 0) is 10.0 Å². The zero-order valence-electron chi connectivity index (χ0n) is 11.7. The van der Waals surface area contributed by atoms with Gasteiger partial charge in [0.05, 0.1) is 4.90 Å². The van der Waals surface area contributed by atoms with Crippen LogP contribution in [0.5, 0.6) is 0 Å². The Balaban J connectivity index is 1.66. The molecule has 1 aromatic rings. The van der Waals surface area contributed by atoms with Crippen molar-refractivity contribution in [3.63, 3.8) is 0 Å². The van der Waals surface area contributed by atoms with Crippen molar-refractivity contribution < 1.29 is 8.42 Å². The van der Waals surface area contributed by atoms with Crippen molar-refractivity contribution in [2.24, 2.45) is 22.9 Å². The molecule has 4 unspecified atom stereocenters. The van der Waals surface area contributed by atoms with Crippen molar-refractivity contribution in [2.75, 3.05) is 5.32 Å². The van der Waals surface area contributed by atoms with E-state index in [1.165, 1.54) is 25.7 Å². The van der Waals surface area contributed by atoms with Crippen molar-refractivity contribution >= 4 is 15.7 Å². The topological polar surface area (TPSA) is 72.2 Å². The first-order chi connectivity index (χ1) is 9.43. The van der Waals surface area contributed by atoms with Gasteiger partial charge in [0, 0.05) is 11.7 Å². The third-order valence-electron chi connectivity index (χ3n) is 5.01. The summed E-state index contributed by atoms with van der Waals surface area (Å²) in [5.74, 6) is 2.58. The van der Waals surface area contributed by atoms with Gasteiger partial charge in [-0.05, 0) is 68.2 Å². The molecule has 2 saturated carbocycles. The van der Waals surface area contributed by atoms with Crippen LogP contribution in [0.1, 0.15) is 32.6 Å². The van der Waals surface area contributed by atoms with Crippen LogP contribution >= 0.6 is 0 Å². The second-order valence-electron chi connectivity index (χ2n) is 6.34. The summed E-state index contributed by atoms with van der Waals surface area (Å²) in [5.41, 5.74) is 0.965. The maximum absolute atomic E-state index is 11.2. The van der Waals surface area contributed by atoms with Gasteiger partial charge < -0.3 is 5.32 Å². The SMILES string of the molecule is CC(Nc1ccc(S(N)(=O)=O)cc1)C1CC2CCC1C2. The quantitative estimate of drug-likeness (QED) is 0.896. The van der Waals surface area contributed by atoms with E-state index >= 15 is 0 Å². The predicted octanol–water partition coefficient (Wildman–Crippen LogP) is 2.57. The molecule has 3 rings (SSSR count). The van der Waals surface area contributed by atoms with Gasteiger partial charge in [-0.25, -0.2) is 13.6 Å². The van der Waals surface area contributed by atoms with Gasteiger partial charge in [0.25, 0.3) is 0 Å². The van der Waals surface area contributed by atoms with E-state index < -0.39 is 10.0 Å². The molecule has 5 heteroatoms. The van der Waals surface area contributed by atoms with E-state index in [4.69, 9.17) is 5.14 Å². The Morgan fingerprint density at radius 3 is 2.40 bits per heavy atom. The third kappa shape index (κ3) is 2.69. The first-order valence-electron chi connectivity index (χ1n) is 7.33. The smallest absolute Gasteiger partial charge is 0.238 e. The van der Waals surface area contributed by atoms with Crippen molar-refractivity contribution in [2.45, 2.75) is 43.5 Å². The summed E-state index contributed by atoms with van der Waals surface area (Å²) >= 11 is 0. The maximum Gasteiger partial charge on any atom is 0.238 e. The first-order valence-corrected chi connectivity index (χ1v) is 8.87. The molecule has 1 aromatic carbocycles. The predicted molar refractivity (Wildman–Crippen MR) is 79.8 cm³/mol. The molecule has 20 heavy (non-hydrogen) atoms. The van der Waals surface area contributed by atoms with Gasteiger partial charge >= 0.3 is 0 Å². The summed E-state index contributed by atoms with van der Waals surface area (Å²) in [5, 5.41) is 8.61. The van der Waals surface area contributed by atoms with Gasteiger partial charge in [0.1, 0.15) is 0 Å². The zero-order valence-corrected chi connectivity index (χ0v) is 12.6. The fraction of sp³-hybridized carbons (Fsp3) is 0.600. The van der Waals surface area contributed by atoms with Crippen LogP contribution in [0.4, 0.5) is 5.69 Å². The third-order valence-corrected chi connectivity index (χ3v) is 5.94. The molecule has 0 saturated heterocycles. The number of fused-ring (bicyclic) bond motifs is 2. The van der Waals surface area contributed by atoms with Gasteiger partial charge in [-0.15, -0.1) is 0 Å². The first kappa shape index (κ1) is 13.9. The highest BCUT2D eigenvalue weighted by Crippen LogP contribution is 2.49. The Morgan fingerprint density at radius 2 is 1.90 bits per heavy atom. The van der Waals surface area contributed by atoms with Crippen LogP contribution in [-0.4, -0.2) is 14.5 Å². The van der Waals surface area contributed by atoms with Crippen LogP contribution < -0.4 is 10.5 Å². The molecular weight excluding hydrogens is 272 g/mol. The Bertz CT molecular complexity index is 582. The Kier molecular flexibility index (Phi) is 3.50. The Morgan fingerprint density at radius 1 is 1.20 bits per heavy atom. The number of primary sulfonamides is 1. The lowest BCUT2D eigenvalue weighted by Gasteiger charge is -2.29. The molecule has 0 aliphatic heterocycles. The van der Waals surface area contributed by atoms with Crippen molar-refractivity contribution in [1.82, 2.24) is 0 Å². The molecule has 110 valence electrons. The van der Waals surface area contributed by atoms with E-state index in [-0.39, 0.29) is 4.90 Å². The second-order valence-corrected chi connectivity index (χ2v) is 7.90. The number of sulfonamides is 1. The van der Waals surface area contributed by atoms with E-state index in [1.54, 1.807) is 24.3 Å². The van der Waals surface area contributed by atoms with Gasteiger partial charge in [-0.2, -0.15) is 0 Å². The molecule has 2 bridgehead atoms. The zero-order chi connectivity index (χ0) is 14.3. The lowest BCUT2D eigenvalue weighted by Crippen LogP contribution is -2.29. The monoisotopic (exact) mass is 294 g/mol. The highest BCUT2D eigenvalue weighted by Gasteiger charge is 2.41. The number of hydrogen-bond acceptors (Lipinski definition) is 3. The van der Waals surface area contributed by atoms with E-state index in [1.807, 2.05) is 0 Å². The summed E-state index contributed by atoms with van der Waals surface area (Å²) in [6, 6.07) is 7.15. The molecule has 4 nitrogen and oxygen atoms in total. The van der Waals surface area contributed by atoms with Crippen LogP contribution in [0.25, 0.3) is 0 Å². The van der Waals surface area contributed by atoms with Crippen LogP contribution in [0.2, 0.25) is 0 Å². The molecule has 0 heterocycles. The molecule has 0 radical (unpaired) electrons. The van der Waals surface area contributed by atoms with E-state index in [0.717, 1.165) is 23.4 Å². The summed E-state index contributed by atoms with van der Waals surface area (Å²) in [4.78, 5) is 0.163. The summed E-state index contributed by atoms with van der Waals surface area (Å²) in [6.45, 7) is 2.24. The number of hydrogen-bond donors (Lipinski definition) is 2. The van der Waals surface area contributed by atoms with Crippen molar-refractivity contribution in [3.8, 4) is 0 Å². The minimum atomic E-state index is -3.60. The fourth-order valence-electron chi connectivity index (χ4n) is 4.02. The normalized spacial score (nSPS) is 30.4. The number of benzene rings is 1. The lowest BCUT2D eigenvalue weighted by atomic mass is 9.84. The minimum absolute atomic E-state index is 0.163. The average Bonchev–Trinajstić information content (AvgIpc) is 3.00. The van der Waals surface area contributed by atoms with Gasteiger partial charge in [0.15, 0.2) is 0 Å². The molecule has 0 spiro atoms. The van der Waals surface area contributed by atoms with Gasteiger partial charge in [-0.3, -0.25) is 0 Å². The Hall–Kier alpha value is -1.07. The van der Waals surface area contributed by atoms with E-state index in [9.17, 15) is 8.42 Å². The van der Waals surface area contributed by atoms with E-state index in [2.05, 4.69) is 12.2 Å². The number of rotatable bonds is 4. The standard InChI is InChI=1S/C15H22N2O2S/c1-10(15-9-11-2-3-12(15)8-11)17-13-4-6-14(7-5-13)20(16,18)19/h4-7,10-12,15,17H,2-3,8-9H2,1H3,(H2,16,18,19). The van der Waals surface area contributed by atoms with Crippen molar-refractivity contribution in [1.29, 1.82) is 0 Å². The molecule has 0 amide bonds. The molecule has 2 aliphatic rings. The molecular formula is C15H22N2O2S. The van der Waals surface area contributed by atoms with Crippen molar-refractivity contribution in [3.05, 3.63) is 24.3 Å². The molecule has 2 aliphatic carbocycles. The average molecular weight is 294 g/mol.